The number of methoxy groups -OCH3 is 1. The zero-order valence-electron chi connectivity index (χ0n) is 11.0. The van der Waals surface area contributed by atoms with Crippen molar-refractivity contribution in [2.45, 2.75) is 0 Å². The van der Waals surface area contributed by atoms with E-state index >= 15 is 0 Å². The minimum atomic E-state index is -0.773. The van der Waals surface area contributed by atoms with Gasteiger partial charge < -0.3 is 15.0 Å². The van der Waals surface area contributed by atoms with Gasteiger partial charge in [0.25, 0.3) is 0 Å². The number of nitriles is 1. The molecular formula is C13H7Br2ClFN3O2. The number of benzene rings is 1. The number of aromatic nitrogens is 1. The number of hydrogen-bond donors (Lipinski definition) is 1. The molecule has 0 aliphatic heterocycles. The first-order valence-electron chi connectivity index (χ1n) is 5.66. The summed E-state index contributed by atoms with van der Waals surface area (Å²) >= 11 is 12.3. The molecule has 0 amide bonds. The van der Waals surface area contributed by atoms with Crippen molar-refractivity contribution in [3.63, 3.8) is 0 Å². The lowest BCUT2D eigenvalue weighted by Crippen LogP contribution is -2.12. The largest absolute Gasteiger partial charge is 0.464 e. The van der Waals surface area contributed by atoms with Gasteiger partial charge in [0.15, 0.2) is 11.5 Å². The fourth-order valence-corrected chi connectivity index (χ4v) is 3.72. The van der Waals surface area contributed by atoms with Gasteiger partial charge in [-0.1, -0.05) is 11.6 Å². The van der Waals surface area contributed by atoms with Crippen LogP contribution in [0.1, 0.15) is 16.1 Å². The van der Waals surface area contributed by atoms with Crippen LogP contribution in [0.25, 0.3) is 5.69 Å². The summed E-state index contributed by atoms with van der Waals surface area (Å²) in [6, 6.07) is 3.19. The van der Waals surface area contributed by atoms with E-state index in [1.807, 2.05) is 6.07 Å². The van der Waals surface area contributed by atoms with Crippen LogP contribution in [0, 0.1) is 17.1 Å². The number of nitrogen functional groups attached to an aromatic ring is 1. The Bertz CT molecular complexity index is 830. The van der Waals surface area contributed by atoms with Gasteiger partial charge >= 0.3 is 5.97 Å². The lowest BCUT2D eigenvalue weighted by atomic mass is 10.2. The van der Waals surface area contributed by atoms with Crippen molar-refractivity contribution in [1.29, 1.82) is 5.26 Å². The minimum Gasteiger partial charge on any atom is -0.464 e. The second-order valence-corrected chi connectivity index (χ2v) is 6.15. The SMILES string of the molecule is COC(=O)c1c(N)c(C#N)cn1-c1c(Cl)cc(Br)c(F)c1Br. The summed E-state index contributed by atoms with van der Waals surface area (Å²) in [7, 11) is 1.17. The summed E-state index contributed by atoms with van der Waals surface area (Å²) in [4.78, 5) is 11.9. The second kappa shape index (κ2) is 6.28. The molecule has 5 nitrogen and oxygen atoms in total. The van der Waals surface area contributed by atoms with Crippen molar-refractivity contribution in [1.82, 2.24) is 4.57 Å². The van der Waals surface area contributed by atoms with Crippen LogP contribution in [0.4, 0.5) is 10.1 Å². The van der Waals surface area contributed by atoms with E-state index in [2.05, 4.69) is 36.6 Å². The summed E-state index contributed by atoms with van der Waals surface area (Å²) in [5, 5.41) is 9.22. The molecular weight excluding hydrogens is 444 g/mol. The number of nitrogens with two attached hydrogens (primary N) is 1. The van der Waals surface area contributed by atoms with Crippen LogP contribution in [0.2, 0.25) is 5.02 Å². The maximum Gasteiger partial charge on any atom is 0.357 e. The van der Waals surface area contributed by atoms with Gasteiger partial charge in [0.05, 0.1) is 38.0 Å². The molecule has 0 atom stereocenters. The molecule has 1 aromatic carbocycles. The number of esters is 1. The molecule has 0 radical (unpaired) electrons. The number of ether oxygens (including phenoxy) is 1. The molecule has 2 N–H and O–H groups in total. The van der Waals surface area contributed by atoms with E-state index < -0.39 is 11.8 Å². The zero-order chi connectivity index (χ0) is 16.6. The van der Waals surface area contributed by atoms with Gasteiger partial charge in [-0.15, -0.1) is 0 Å². The molecule has 0 spiro atoms. The van der Waals surface area contributed by atoms with Crippen LogP contribution in [-0.4, -0.2) is 17.6 Å². The highest BCUT2D eigenvalue weighted by Crippen LogP contribution is 2.38. The lowest BCUT2D eigenvalue weighted by Gasteiger charge is -2.13. The van der Waals surface area contributed by atoms with Crippen molar-refractivity contribution in [2.24, 2.45) is 0 Å². The van der Waals surface area contributed by atoms with Crippen LogP contribution in [0.5, 0.6) is 0 Å². The Morgan fingerprint density at radius 3 is 2.73 bits per heavy atom. The standard InChI is InChI=1S/C13H7Br2ClFN3O2/c1-22-13(21)12-10(19)5(3-18)4-20(12)11-7(16)2-6(14)9(17)8(11)15/h2,4H,19H2,1H3. The summed E-state index contributed by atoms with van der Waals surface area (Å²) in [6.45, 7) is 0. The molecule has 0 saturated carbocycles. The predicted octanol–water partition coefficient (Wildman–Crippen LogP) is 4.04. The first kappa shape index (κ1) is 16.8. The van der Waals surface area contributed by atoms with Crippen molar-refractivity contribution < 1.29 is 13.9 Å². The predicted molar refractivity (Wildman–Crippen MR) is 86.6 cm³/mol. The molecule has 22 heavy (non-hydrogen) atoms. The summed E-state index contributed by atoms with van der Waals surface area (Å²) in [5.74, 6) is -1.38. The number of carbonyl (C=O) groups is 1. The summed E-state index contributed by atoms with van der Waals surface area (Å²) in [5.41, 5.74) is 5.80. The molecule has 0 fully saturated rings. The van der Waals surface area contributed by atoms with Gasteiger partial charge in [0.1, 0.15) is 6.07 Å². The number of hydrogen-bond acceptors (Lipinski definition) is 4. The van der Waals surface area contributed by atoms with Crippen molar-refractivity contribution in [3.8, 4) is 11.8 Å². The first-order chi connectivity index (χ1) is 10.3. The Labute approximate surface area is 146 Å². The topological polar surface area (TPSA) is 81.0 Å². The highest BCUT2D eigenvalue weighted by Gasteiger charge is 2.25. The Kier molecular flexibility index (Phi) is 4.80. The Morgan fingerprint density at radius 2 is 2.18 bits per heavy atom. The average molecular weight is 451 g/mol. The summed E-state index contributed by atoms with van der Waals surface area (Å²) < 4.78 is 20.1. The molecule has 0 bridgehead atoms. The van der Waals surface area contributed by atoms with Gasteiger partial charge in [-0.2, -0.15) is 5.26 Å². The van der Waals surface area contributed by atoms with Crippen molar-refractivity contribution >= 4 is 55.1 Å². The van der Waals surface area contributed by atoms with Gasteiger partial charge in [-0.25, -0.2) is 9.18 Å². The maximum absolute atomic E-state index is 14.1. The van der Waals surface area contributed by atoms with E-state index in [0.717, 1.165) is 0 Å². The number of anilines is 1. The number of rotatable bonds is 2. The minimum absolute atomic E-state index is 0.0107. The number of carbonyl (C=O) groups excluding carboxylic acids is 1. The molecule has 2 aromatic rings. The van der Waals surface area contributed by atoms with Gasteiger partial charge in [0.2, 0.25) is 0 Å². The third-order valence-corrected chi connectivity index (χ3v) is 4.46. The highest BCUT2D eigenvalue weighted by atomic mass is 79.9. The Balaban J connectivity index is 2.88. The quantitative estimate of drug-likeness (QED) is 0.425. The second-order valence-electron chi connectivity index (χ2n) is 4.10. The smallest absolute Gasteiger partial charge is 0.357 e. The average Bonchev–Trinajstić information content (AvgIpc) is 2.80. The fourth-order valence-electron chi connectivity index (χ4n) is 1.87. The van der Waals surface area contributed by atoms with E-state index in [1.54, 1.807) is 0 Å². The summed E-state index contributed by atoms with van der Waals surface area (Å²) in [6.07, 6.45) is 1.29. The van der Waals surface area contributed by atoms with Crippen LogP contribution in [-0.2, 0) is 4.74 Å². The van der Waals surface area contributed by atoms with E-state index in [0.29, 0.717) is 0 Å². The Morgan fingerprint density at radius 1 is 1.55 bits per heavy atom. The Hall–Kier alpha value is -1.56. The molecule has 2 rings (SSSR count). The third-order valence-electron chi connectivity index (χ3n) is 2.87. The van der Waals surface area contributed by atoms with E-state index in [9.17, 15) is 9.18 Å². The molecule has 0 aliphatic carbocycles. The maximum atomic E-state index is 14.1. The van der Waals surface area contributed by atoms with Crippen LogP contribution in [0.3, 0.4) is 0 Å². The highest BCUT2D eigenvalue weighted by molar-refractivity contribution is 9.11. The van der Waals surface area contributed by atoms with Crippen LogP contribution in [0.15, 0.2) is 21.2 Å². The molecule has 114 valence electrons. The number of halogens is 4. The van der Waals surface area contributed by atoms with E-state index in [4.69, 9.17) is 22.6 Å². The molecule has 1 aromatic heterocycles. The molecule has 9 heteroatoms. The van der Waals surface area contributed by atoms with Crippen molar-refractivity contribution in [2.75, 3.05) is 12.8 Å². The molecule has 0 aliphatic rings. The van der Waals surface area contributed by atoms with Crippen LogP contribution >= 0.6 is 43.5 Å². The fraction of sp³-hybridized carbons (Fsp3) is 0.0769. The van der Waals surface area contributed by atoms with E-state index in [1.165, 1.54) is 23.9 Å². The van der Waals surface area contributed by atoms with Crippen molar-refractivity contribution in [3.05, 3.63) is 43.3 Å². The lowest BCUT2D eigenvalue weighted by molar-refractivity contribution is 0.0593. The van der Waals surface area contributed by atoms with Gasteiger partial charge in [0, 0.05) is 6.20 Å². The van der Waals surface area contributed by atoms with Gasteiger partial charge in [-0.3, -0.25) is 0 Å². The molecule has 0 unspecified atom stereocenters. The zero-order valence-corrected chi connectivity index (χ0v) is 14.9. The van der Waals surface area contributed by atoms with E-state index in [-0.39, 0.29) is 36.6 Å². The van der Waals surface area contributed by atoms with Gasteiger partial charge in [-0.05, 0) is 37.9 Å². The van der Waals surface area contributed by atoms with Crippen LogP contribution < -0.4 is 5.73 Å². The molecule has 1 heterocycles. The first-order valence-corrected chi connectivity index (χ1v) is 7.62. The normalized spacial score (nSPS) is 10.4. The number of nitrogens with zero attached hydrogens (tertiary/aromatic N) is 2. The third kappa shape index (κ3) is 2.60. The monoisotopic (exact) mass is 449 g/mol. The molecule has 0 saturated heterocycles.